The zero-order valence-corrected chi connectivity index (χ0v) is 11.7. The van der Waals surface area contributed by atoms with Crippen molar-refractivity contribution in [3.63, 3.8) is 0 Å². The highest BCUT2D eigenvalue weighted by atomic mass is 32.2. The highest BCUT2D eigenvalue weighted by Gasteiger charge is 2.09. The molecule has 17 heavy (non-hydrogen) atoms. The van der Waals surface area contributed by atoms with Gasteiger partial charge >= 0.3 is 0 Å². The summed E-state index contributed by atoms with van der Waals surface area (Å²) in [5.41, 5.74) is 6.01. The molecule has 0 aliphatic heterocycles. The van der Waals surface area contributed by atoms with E-state index < -0.39 is 0 Å². The van der Waals surface area contributed by atoms with E-state index in [0.717, 1.165) is 22.1 Å². The molecule has 0 saturated carbocycles. The summed E-state index contributed by atoms with van der Waals surface area (Å²) in [6.45, 7) is 4.28. The quantitative estimate of drug-likeness (QED) is 0.794. The van der Waals surface area contributed by atoms with Crippen LogP contribution in [0.2, 0.25) is 0 Å². The minimum Gasteiger partial charge on any atom is -0.493 e. The molecule has 1 unspecified atom stereocenters. The van der Waals surface area contributed by atoms with Gasteiger partial charge in [-0.25, -0.2) is 0 Å². The molecule has 4 heteroatoms. The van der Waals surface area contributed by atoms with Gasteiger partial charge in [-0.2, -0.15) is 0 Å². The molecule has 96 valence electrons. The molecule has 0 heterocycles. The van der Waals surface area contributed by atoms with Gasteiger partial charge in [0.05, 0.1) is 14.2 Å². The third-order valence-corrected chi connectivity index (χ3v) is 3.79. The van der Waals surface area contributed by atoms with Crippen LogP contribution in [0.3, 0.4) is 0 Å². The van der Waals surface area contributed by atoms with Gasteiger partial charge in [-0.1, -0.05) is 13.8 Å². The number of methoxy groups -OCH3 is 2. The van der Waals surface area contributed by atoms with E-state index in [-0.39, 0.29) is 6.04 Å². The van der Waals surface area contributed by atoms with E-state index in [1.807, 2.05) is 18.2 Å². The maximum absolute atomic E-state index is 6.01. The second-order valence-electron chi connectivity index (χ2n) is 4.24. The Kier molecular flexibility index (Phi) is 5.65. The Morgan fingerprint density at radius 3 is 2.35 bits per heavy atom. The smallest absolute Gasteiger partial charge is 0.161 e. The fourth-order valence-corrected chi connectivity index (χ4v) is 2.42. The van der Waals surface area contributed by atoms with E-state index in [0.29, 0.717) is 5.92 Å². The number of hydrogen-bond acceptors (Lipinski definition) is 4. The van der Waals surface area contributed by atoms with Gasteiger partial charge in [0.15, 0.2) is 11.5 Å². The van der Waals surface area contributed by atoms with Crippen molar-refractivity contribution in [2.45, 2.75) is 24.8 Å². The standard InChI is InChI=1S/C13H21NO2S/c1-9(2)11(14)8-17-10-5-6-12(15-3)13(7-10)16-4/h5-7,9,11H,8,14H2,1-4H3. The third kappa shape index (κ3) is 4.13. The average Bonchev–Trinajstić information content (AvgIpc) is 2.35. The van der Waals surface area contributed by atoms with Crippen LogP contribution in [0.1, 0.15) is 13.8 Å². The van der Waals surface area contributed by atoms with Crippen molar-refractivity contribution in [2.75, 3.05) is 20.0 Å². The summed E-state index contributed by atoms with van der Waals surface area (Å²) in [5, 5.41) is 0. The van der Waals surface area contributed by atoms with Gasteiger partial charge in [0, 0.05) is 16.7 Å². The van der Waals surface area contributed by atoms with Crippen LogP contribution >= 0.6 is 11.8 Å². The fraction of sp³-hybridized carbons (Fsp3) is 0.538. The molecule has 0 aromatic heterocycles. The first-order valence-electron chi connectivity index (χ1n) is 5.69. The van der Waals surface area contributed by atoms with Crippen molar-refractivity contribution in [1.29, 1.82) is 0 Å². The lowest BCUT2D eigenvalue weighted by Gasteiger charge is -2.15. The topological polar surface area (TPSA) is 44.5 Å². The maximum Gasteiger partial charge on any atom is 0.161 e. The van der Waals surface area contributed by atoms with Gasteiger partial charge in [-0.3, -0.25) is 0 Å². The highest BCUT2D eigenvalue weighted by Crippen LogP contribution is 2.32. The fourth-order valence-electron chi connectivity index (χ4n) is 1.29. The number of rotatable bonds is 6. The zero-order chi connectivity index (χ0) is 12.8. The van der Waals surface area contributed by atoms with E-state index in [4.69, 9.17) is 15.2 Å². The van der Waals surface area contributed by atoms with Crippen LogP contribution in [0.4, 0.5) is 0 Å². The molecule has 1 atom stereocenters. The van der Waals surface area contributed by atoms with Crippen LogP contribution < -0.4 is 15.2 Å². The van der Waals surface area contributed by atoms with Gasteiger partial charge in [0.1, 0.15) is 0 Å². The Labute approximate surface area is 108 Å². The second kappa shape index (κ2) is 6.77. The van der Waals surface area contributed by atoms with Crippen LogP contribution in [-0.4, -0.2) is 26.0 Å². The molecule has 2 N–H and O–H groups in total. The SMILES string of the molecule is COc1ccc(SCC(N)C(C)C)cc1OC. The van der Waals surface area contributed by atoms with Crippen LogP contribution in [0.25, 0.3) is 0 Å². The van der Waals surface area contributed by atoms with Crippen molar-refractivity contribution >= 4 is 11.8 Å². The van der Waals surface area contributed by atoms with E-state index in [9.17, 15) is 0 Å². The largest absolute Gasteiger partial charge is 0.493 e. The maximum atomic E-state index is 6.01. The first-order chi connectivity index (χ1) is 8.08. The first-order valence-corrected chi connectivity index (χ1v) is 6.67. The number of nitrogens with two attached hydrogens (primary N) is 1. The highest BCUT2D eigenvalue weighted by molar-refractivity contribution is 7.99. The molecule has 0 spiro atoms. The van der Waals surface area contributed by atoms with Crippen LogP contribution in [-0.2, 0) is 0 Å². The predicted octanol–water partition coefficient (Wildman–Crippen LogP) is 2.78. The summed E-state index contributed by atoms with van der Waals surface area (Å²) < 4.78 is 10.5. The third-order valence-electron chi connectivity index (χ3n) is 2.65. The summed E-state index contributed by atoms with van der Waals surface area (Å²) in [7, 11) is 3.28. The number of ether oxygens (including phenoxy) is 2. The van der Waals surface area contributed by atoms with Crippen molar-refractivity contribution in [3.8, 4) is 11.5 Å². The second-order valence-corrected chi connectivity index (χ2v) is 5.33. The Morgan fingerprint density at radius 2 is 1.82 bits per heavy atom. The molecule has 0 saturated heterocycles. The summed E-state index contributed by atoms with van der Waals surface area (Å²) in [4.78, 5) is 1.15. The minimum atomic E-state index is 0.216. The molecule has 0 fully saturated rings. The minimum absolute atomic E-state index is 0.216. The van der Waals surface area contributed by atoms with Crippen molar-refractivity contribution in [1.82, 2.24) is 0 Å². The lowest BCUT2D eigenvalue weighted by atomic mass is 10.1. The lowest BCUT2D eigenvalue weighted by Crippen LogP contribution is -2.28. The molecule has 0 aliphatic rings. The Balaban J connectivity index is 2.66. The summed E-state index contributed by atoms with van der Waals surface area (Å²) in [5.74, 6) is 2.93. The van der Waals surface area contributed by atoms with Gasteiger partial charge in [0.25, 0.3) is 0 Å². The normalized spacial score (nSPS) is 12.6. The molecule has 1 rings (SSSR count). The molecule has 0 amide bonds. The van der Waals surface area contributed by atoms with Crippen LogP contribution in [0.5, 0.6) is 11.5 Å². The summed E-state index contributed by atoms with van der Waals surface area (Å²) in [6, 6.07) is 6.14. The van der Waals surface area contributed by atoms with Gasteiger partial charge < -0.3 is 15.2 Å². The number of hydrogen-bond donors (Lipinski definition) is 1. The Hall–Kier alpha value is -0.870. The summed E-state index contributed by atoms with van der Waals surface area (Å²) in [6.07, 6.45) is 0. The van der Waals surface area contributed by atoms with Gasteiger partial charge in [-0.15, -0.1) is 11.8 Å². The molecule has 0 radical (unpaired) electrons. The molecular weight excluding hydrogens is 234 g/mol. The van der Waals surface area contributed by atoms with Crippen molar-refractivity contribution in [2.24, 2.45) is 11.7 Å². The molecule has 1 aromatic rings. The van der Waals surface area contributed by atoms with E-state index >= 15 is 0 Å². The van der Waals surface area contributed by atoms with Crippen LogP contribution in [0, 0.1) is 5.92 Å². The number of thioether (sulfide) groups is 1. The predicted molar refractivity (Wildman–Crippen MR) is 73.1 cm³/mol. The van der Waals surface area contributed by atoms with Crippen molar-refractivity contribution in [3.05, 3.63) is 18.2 Å². The van der Waals surface area contributed by atoms with E-state index in [1.165, 1.54) is 0 Å². The zero-order valence-electron chi connectivity index (χ0n) is 10.9. The van der Waals surface area contributed by atoms with Crippen LogP contribution in [0.15, 0.2) is 23.1 Å². The van der Waals surface area contributed by atoms with E-state index in [2.05, 4.69) is 13.8 Å². The monoisotopic (exact) mass is 255 g/mol. The summed E-state index contributed by atoms with van der Waals surface area (Å²) >= 11 is 1.75. The van der Waals surface area contributed by atoms with E-state index in [1.54, 1.807) is 26.0 Å². The molecule has 1 aromatic carbocycles. The van der Waals surface area contributed by atoms with Gasteiger partial charge in [-0.05, 0) is 24.1 Å². The molecular formula is C13H21NO2S. The Bertz CT molecular complexity index is 355. The first kappa shape index (κ1) is 14.2. The molecule has 0 bridgehead atoms. The molecule has 0 aliphatic carbocycles. The van der Waals surface area contributed by atoms with Gasteiger partial charge in [0.2, 0.25) is 0 Å². The van der Waals surface area contributed by atoms with Crippen molar-refractivity contribution < 1.29 is 9.47 Å². The number of benzene rings is 1. The lowest BCUT2D eigenvalue weighted by molar-refractivity contribution is 0.354. The average molecular weight is 255 g/mol. The molecule has 3 nitrogen and oxygen atoms in total. The Morgan fingerprint density at radius 1 is 1.18 bits per heavy atom.